The molecule has 0 aliphatic carbocycles. The first-order chi connectivity index (χ1) is 18.7. The lowest BCUT2D eigenvalue weighted by atomic mass is 10.1. The van der Waals surface area contributed by atoms with Crippen molar-refractivity contribution in [2.75, 3.05) is 0 Å². The van der Waals surface area contributed by atoms with Crippen LogP contribution >= 0.6 is 11.8 Å². The Balaban J connectivity index is 1.23. The SMILES string of the molecule is O=C1NC(=Nc2ccc(CC3N=NN=N3)cc2)SC1=Cc1cc2ccccc2cc1OCc1ccccc1. The number of nitrogens with one attached hydrogen (secondary N) is 1. The van der Waals surface area contributed by atoms with Gasteiger partial charge in [0.05, 0.1) is 10.6 Å². The van der Waals surface area contributed by atoms with E-state index in [0.717, 1.165) is 38.9 Å². The molecule has 2 aliphatic heterocycles. The topological polar surface area (TPSA) is 100 Å². The van der Waals surface area contributed by atoms with Crippen LogP contribution in [0.15, 0.2) is 122 Å². The number of fused-ring (bicyclic) bond motifs is 1. The van der Waals surface area contributed by atoms with Gasteiger partial charge in [-0.1, -0.05) is 66.7 Å². The molecule has 1 amide bonds. The van der Waals surface area contributed by atoms with Gasteiger partial charge in [-0.3, -0.25) is 4.79 Å². The van der Waals surface area contributed by atoms with Gasteiger partial charge < -0.3 is 10.1 Å². The summed E-state index contributed by atoms with van der Waals surface area (Å²) in [7, 11) is 0. The maximum Gasteiger partial charge on any atom is 0.264 e. The van der Waals surface area contributed by atoms with E-state index in [1.807, 2.05) is 84.9 Å². The lowest BCUT2D eigenvalue weighted by molar-refractivity contribution is -0.115. The van der Waals surface area contributed by atoms with Crippen molar-refractivity contribution in [3.63, 3.8) is 0 Å². The largest absolute Gasteiger partial charge is 0.488 e. The zero-order valence-electron chi connectivity index (χ0n) is 20.2. The number of benzene rings is 4. The van der Waals surface area contributed by atoms with Gasteiger partial charge >= 0.3 is 0 Å². The molecule has 0 radical (unpaired) electrons. The zero-order valence-corrected chi connectivity index (χ0v) is 21.0. The molecular formula is C29H22N6O2S. The molecule has 0 atom stereocenters. The monoisotopic (exact) mass is 518 g/mol. The molecule has 0 unspecified atom stereocenters. The Kier molecular flexibility index (Phi) is 6.73. The Labute approximate surface area is 223 Å². The number of rotatable bonds is 7. The molecule has 0 spiro atoms. The van der Waals surface area contributed by atoms with Crippen molar-refractivity contribution in [3.05, 3.63) is 113 Å². The van der Waals surface area contributed by atoms with Gasteiger partial charge in [0.2, 0.25) is 0 Å². The molecule has 1 fully saturated rings. The number of hydrogen-bond donors (Lipinski definition) is 1. The molecule has 0 saturated carbocycles. The van der Waals surface area contributed by atoms with E-state index in [2.05, 4.69) is 43.1 Å². The minimum absolute atomic E-state index is 0.190. The maximum absolute atomic E-state index is 12.8. The predicted octanol–water partition coefficient (Wildman–Crippen LogP) is 7.01. The van der Waals surface area contributed by atoms with Crippen LogP contribution in [0.3, 0.4) is 0 Å². The lowest BCUT2D eigenvalue weighted by Crippen LogP contribution is -2.19. The van der Waals surface area contributed by atoms with Crippen LogP contribution in [0.5, 0.6) is 5.75 Å². The molecule has 0 bridgehead atoms. The number of carbonyl (C=O) groups is 1. The smallest absolute Gasteiger partial charge is 0.264 e. The van der Waals surface area contributed by atoms with Crippen LogP contribution in [-0.4, -0.2) is 17.2 Å². The zero-order chi connectivity index (χ0) is 25.7. The first-order valence-corrected chi connectivity index (χ1v) is 12.9. The summed E-state index contributed by atoms with van der Waals surface area (Å²) >= 11 is 1.31. The Hall–Kier alpha value is -4.63. The van der Waals surface area contributed by atoms with Crippen molar-refractivity contribution < 1.29 is 9.53 Å². The summed E-state index contributed by atoms with van der Waals surface area (Å²) in [5.41, 5.74) is 3.71. The van der Waals surface area contributed by atoms with Gasteiger partial charge in [0.25, 0.3) is 5.91 Å². The number of thioether (sulfide) groups is 1. The van der Waals surface area contributed by atoms with Gasteiger partial charge in [0.15, 0.2) is 11.3 Å². The molecule has 1 N–H and O–H groups in total. The van der Waals surface area contributed by atoms with E-state index in [-0.39, 0.29) is 12.1 Å². The van der Waals surface area contributed by atoms with Crippen LogP contribution in [0.4, 0.5) is 5.69 Å². The lowest BCUT2D eigenvalue weighted by Gasteiger charge is -2.12. The first-order valence-electron chi connectivity index (χ1n) is 12.1. The molecule has 4 aromatic carbocycles. The highest BCUT2D eigenvalue weighted by Gasteiger charge is 2.24. The molecular weight excluding hydrogens is 496 g/mol. The third kappa shape index (κ3) is 5.52. The second-order valence-corrected chi connectivity index (χ2v) is 9.78. The van der Waals surface area contributed by atoms with E-state index < -0.39 is 0 Å². The summed E-state index contributed by atoms with van der Waals surface area (Å²) in [6.07, 6.45) is 2.23. The summed E-state index contributed by atoms with van der Waals surface area (Å²) in [5.74, 6) is 0.528. The van der Waals surface area contributed by atoms with E-state index in [9.17, 15) is 4.79 Å². The van der Waals surface area contributed by atoms with Gasteiger partial charge in [-0.2, -0.15) is 0 Å². The van der Waals surface area contributed by atoms with Gasteiger partial charge in [-0.25, -0.2) is 4.99 Å². The highest BCUT2D eigenvalue weighted by molar-refractivity contribution is 8.18. The van der Waals surface area contributed by atoms with Crippen molar-refractivity contribution in [1.29, 1.82) is 0 Å². The number of hydrogen-bond acceptors (Lipinski definition) is 8. The average molecular weight is 519 g/mol. The molecule has 186 valence electrons. The van der Waals surface area contributed by atoms with Crippen LogP contribution in [0, 0.1) is 0 Å². The second-order valence-electron chi connectivity index (χ2n) is 8.75. The Morgan fingerprint density at radius 2 is 1.58 bits per heavy atom. The highest BCUT2D eigenvalue weighted by Crippen LogP contribution is 2.33. The van der Waals surface area contributed by atoms with E-state index in [0.29, 0.717) is 23.1 Å². The molecule has 6 rings (SSSR count). The summed E-state index contributed by atoms with van der Waals surface area (Å²) in [6.45, 7) is 0.434. The van der Waals surface area contributed by atoms with E-state index >= 15 is 0 Å². The van der Waals surface area contributed by atoms with Crippen molar-refractivity contribution in [3.8, 4) is 5.75 Å². The molecule has 2 heterocycles. The quantitative estimate of drug-likeness (QED) is 0.266. The average Bonchev–Trinajstić information content (AvgIpc) is 3.58. The summed E-state index contributed by atoms with van der Waals surface area (Å²) in [6, 6.07) is 29.9. The van der Waals surface area contributed by atoms with Crippen LogP contribution in [0.2, 0.25) is 0 Å². The van der Waals surface area contributed by atoms with Crippen molar-refractivity contribution in [2.45, 2.75) is 19.2 Å². The number of amidine groups is 1. The molecule has 38 heavy (non-hydrogen) atoms. The maximum atomic E-state index is 12.8. The van der Waals surface area contributed by atoms with Crippen molar-refractivity contribution in [2.24, 2.45) is 25.7 Å². The first kappa shape index (κ1) is 23.7. The molecule has 8 nitrogen and oxygen atoms in total. The van der Waals surface area contributed by atoms with Crippen molar-refractivity contribution >= 4 is 45.4 Å². The standard InChI is InChI=1S/C29H22N6O2S/c36-28-26(38-29(31-28)30-24-12-10-19(11-13-24)14-27-32-34-35-33-27)17-23-15-21-8-4-5-9-22(21)16-25(23)37-18-20-6-2-1-3-7-20/h1-13,15-17,27H,14,18H2,(H,30,31,36). The third-order valence-electron chi connectivity index (χ3n) is 6.05. The fourth-order valence-electron chi connectivity index (χ4n) is 4.14. The third-order valence-corrected chi connectivity index (χ3v) is 6.96. The minimum Gasteiger partial charge on any atom is -0.488 e. The highest BCUT2D eigenvalue weighted by atomic mass is 32.2. The molecule has 4 aromatic rings. The Morgan fingerprint density at radius 3 is 2.34 bits per heavy atom. The minimum atomic E-state index is -0.263. The van der Waals surface area contributed by atoms with E-state index in [4.69, 9.17) is 4.74 Å². The number of aliphatic imine (C=N–C) groups is 1. The molecule has 0 aromatic heterocycles. The van der Waals surface area contributed by atoms with Crippen LogP contribution < -0.4 is 10.1 Å². The number of carbonyl (C=O) groups excluding carboxylic acids is 1. The van der Waals surface area contributed by atoms with E-state index in [1.165, 1.54) is 11.8 Å². The summed E-state index contributed by atoms with van der Waals surface area (Å²) < 4.78 is 6.22. The molecule has 1 saturated heterocycles. The Morgan fingerprint density at radius 1 is 0.868 bits per heavy atom. The van der Waals surface area contributed by atoms with E-state index in [1.54, 1.807) is 0 Å². The molecule has 2 aliphatic rings. The molecule has 9 heteroatoms. The number of amides is 1. The van der Waals surface area contributed by atoms with Crippen molar-refractivity contribution in [1.82, 2.24) is 5.32 Å². The van der Waals surface area contributed by atoms with Gasteiger partial charge in [0.1, 0.15) is 12.4 Å². The number of ether oxygens (including phenoxy) is 1. The van der Waals surface area contributed by atoms with Crippen LogP contribution in [0.1, 0.15) is 16.7 Å². The normalized spacial score (nSPS) is 17.1. The van der Waals surface area contributed by atoms with Gasteiger partial charge in [-0.05, 0) is 74.4 Å². The fraction of sp³-hybridized carbons (Fsp3) is 0.103. The fourth-order valence-corrected chi connectivity index (χ4v) is 4.97. The second kappa shape index (κ2) is 10.8. The van der Waals surface area contributed by atoms with Gasteiger partial charge in [0, 0.05) is 12.0 Å². The summed E-state index contributed by atoms with van der Waals surface area (Å²) in [5, 5.41) is 20.5. The van der Waals surface area contributed by atoms with Crippen LogP contribution in [-0.2, 0) is 17.8 Å². The Bertz CT molecular complexity index is 1600. The van der Waals surface area contributed by atoms with Gasteiger partial charge in [-0.15, -0.1) is 10.2 Å². The van der Waals surface area contributed by atoms with Crippen LogP contribution in [0.25, 0.3) is 16.8 Å². The summed E-state index contributed by atoms with van der Waals surface area (Å²) in [4.78, 5) is 18.0. The number of nitrogens with zero attached hydrogens (tertiary/aromatic N) is 5. The predicted molar refractivity (Wildman–Crippen MR) is 149 cm³/mol.